The van der Waals surface area contributed by atoms with E-state index >= 15 is 0 Å². The molecule has 0 aliphatic heterocycles. The van der Waals surface area contributed by atoms with E-state index in [0.717, 1.165) is 29.8 Å². The Labute approximate surface area is 145 Å². The minimum Gasteiger partial charge on any atom is -0.364 e. The first-order chi connectivity index (χ1) is 12.0. The van der Waals surface area contributed by atoms with Gasteiger partial charge in [0.25, 0.3) is 0 Å². The van der Waals surface area contributed by atoms with Crippen LogP contribution in [0.1, 0.15) is 24.9 Å². The summed E-state index contributed by atoms with van der Waals surface area (Å²) in [5, 5.41) is 18.7. The van der Waals surface area contributed by atoms with E-state index in [1.54, 1.807) is 11.7 Å². The van der Waals surface area contributed by atoms with Crippen LogP contribution in [0.25, 0.3) is 11.0 Å². The molecule has 0 aliphatic carbocycles. The van der Waals surface area contributed by atoms with Gasteiger partial charge in [-0.3, -0.25) is 10.1 Å². The maximum atomic E-state index is 11.3. The van der Waals surface area contributed by atoms with Gasteiger partial charge >= 0.3 is 5.69 Å². The molecule has 2 heterocycles. The molecule has 0 radical (unpaired) electrons. The van der Waals surface area contributed by atoms with Gasteiger partial charge in [0.2, 0.25) is 5.82 Å². The average molecular weight is 342 g/mol. The number of aryl methyl sites for hydroxylation is 4. The van der Waals surface area contributed by atoms with Gasteiger partial charge in [-0.25, -0.2) is 9.67 Å². The molecule has 0 spiro atoms. The first-order valence-electron chi connectivity index (χ1n) is 8.39. The molecule has 0 amide bonds. The van der Waals surface area contributed by atoms with Crippen LogP contribution in [0.4, 0.5) is 11.5 Å². The number of para-hydroxylation sites is 2. The number of aromatic nitrogens is 4. The molecule has 0 saturated heterocycles. The quantitative estimate of drug-likeness (QED) is 0.405. The molecule has 1 N–H and O–H groups in total. The first kappa shape index (κ1) is 16.9. The smallest absolute Gasteiger partial charge is 0.333 e. The summed E-state index contributed by atoms with van der Waals surface area (Å²) < 4.78 is 3.72. The second kappa shape index (κ2) is 6.92. The Morgan fingerprint density at radius 3 is 2.80 bits per heavy atom. The molecule has 132 valence electrons. The minimum absolute atomic E-state index is 0.0780. The monoisotopic (exact) mass is 342 g/mol. The van der Waals surface area contributed by atoms with E-state index in [1.165, 1.54) is 0 Å². The fourth-order valence-electron chi connectivity index (χ4n) is 3.12. The second-order valence-electron chi connectivity index (χ2n) is 5.96. The Kier molecular flexibility index (Phi) is 4.69. The van der Waals surface area contributed by atoms with Crippen LogP contribution in [0.2, 0.25) is 0 Å². The molecule has 0 bridgehead atoms. The summed E-state index contributed by atoms with van der Waals surface area (Å²) in [4.78, 5) is 15.5. The van der Waals surface area contributed by atoms with Crippen LogP contribution in [0.3, 0.4) is 0 Å². The van der Waals surface area contributed by atoms with E-state index in [9.17, 15) is 10.1 Å². The standard InChI is InChI=1S/C17H22N6O2/c1-4-13-16(23(24)25)17(21(3)20-13)18-10-7-11-22-12(2)19-14-8-5-6-9-15(14)22/h5-6,8-9,18H,4,7,10-11H2,1-3H3. The maximum absolute atomic E-state index is 11.3. The van der Waals surface area contributed by atoms with Crippen LogP contribution in [0.5, 0.6) is 0 Å². The second-order valence-corrected chi connectivity index (χ2v) is 5.96. The molecule has 0 aliphatic rings. The van der Waals surface area contributed by atoms with Gasteiger partial charge in [-0.05, 0) is 31.9 Å². The summed E-state index contributed by atoms with van der Waals surface area (Å²) in [5.74, 6) is 1.44. The predicted octanol–water partition coefficient (Wildman–Crippen LogP) is 3.05. The zero-order valence-electron chi connectivity index (χ0n) is 14.7. The summed E-state index contributed by atoms with van der Waals surface area (Å²) in [7, 11) is 1.72. The number of anilines is 1. The molecule has 3 rings (SSSR count). The van der Waals surface area contributed by atoms with Gasteiger partial charge in [0.1, 0.15) is 11.5 Å². The van der Waals surface area contributed by atoms with Crippen molar-refractivity contribution < 1.29 is 4.92 Å². The maximum Gasteiger partial charge on any atom is 0.333 e. The Hall–Kier alpha value is -2.90. The lowest BCUT2D eigenvalue weighted by Crippen LogP contribution is -2.11. The van der Waals surface area contributed by atoms with Crippen LogP contribution in [0, 0.1) is 17.0 Å². The molecular formula is C17H22N6O2. The number of benzene rings is 1. The van der Waals surface area contributed by atoms with Crippen molar-refractivity contribution in [2.24, 2.45) is 7.05 Å². The highest BCUT2D eigenvalue weighted by Gasteiger charge is 2.25. The summed E-state index contributed by atoms with van der Waals surface area (Å²) in [5.41, 5.74) is 2.68. The van der Waals surface area contributed by atoms with E-state index < -0.39 is 0 Å². The molecule has 25 heavy (non-hydrogen) atoms. The molecule has 1 aromatic carbocycles. The number of imidazole rings is 1. The Morgan fingerprint density at radius 1 is 1.32 bits per heavy atom. The van der Waals surface area contributed by atoms with E-state index in [0.29, 0.717) is 24.5 Å². The Balaban J connectivity index is 1.69. The molecule has 0 unspecified atom stereocenters. The van der Waals surface area contributed by atoms with Gasteiger partial charge in [-0.15, -0.1) is 0 Å². The Morgan fingerprint density at radius 2 is 2.08 bits per heavy atom. The number of nitrogens with zero attached hydrogens (tertiary/aromatic N) is 5. The van der Waals surface area contributed by atoms with Gasteiger partial charge < -0.3 is 9.88 Å². The van der Waals surface area contributed by atoms with Gasteiger partial charge in [0, 0.05) is 20.1 Å². The number of hydrogen-bond donors (Lipinski definition) is 1. The Bertz CT molecular complexity index is 911. The number of hydrogen-bond acceptors (Lipinski definition) is 5. The van der Waals surface area contributed by atoms with Crippen LogP contribution >= 0.6 is 0 Å². The van der Waals surface area contributed by atoms with E-state index in [2.05, 4.69) is 26.0 Å². The lowest BCUT2D eigenvalue weighted by molar-refractivity contribution is -0.384. The average Bonchev–Trinajstić information content (AvgIpc) is 3.08. The summed E-state index contributed by atoms with van der Waals surface area (Å²) in [6.45, 7) is 5.28. The van der Waals surface area contributed by atoms with Crippen LogP contribution in [-0.4, -0.2) is 30.8 Å². The summed E-state index contributed by atoms with van der Waals surface area (Å²) in [6, 6.07) is 8.04. The SMILES string of the molecule is CCc1nn(C)c(NCCCn2c(C)nc3ccccc32)c1[N+](=O)[O-]. The molecule has 3 aromatic rings. The van der Waals surface area contributed by atoms with Crippen molar-refractivity contribution >= 4 is 22.5 Å². The van der Waals surface area contributed by atoms with Gasteiger partial charge in [-0.1, -0.05) is 19.1 Å². The van der Waals surface area contributed by atoms with Gasteiger partial charge in [0.05, 0.1) is 16.0 Å². The van der Waals surface area contributed by atoms with Crippen molar-refractivity contribution in [2.45, 2.75) is 33.2 Å². The summed E-state index contributed by atoms with van der Waals surface area (Å²) in [6.07, 6.45) is 1.36. The largest absolute Gasteiger partial charge is 0.364 e. The molecule has 8 nitrogen and oxygen atoms in total. The topological polar surface area (TPSA) is 90.8 Å². The third-order valence-corrected chi connectivity index (χ3v) is 4.31. The highest BCUT2D eigenvalue weighted by molar-refractivity contribution is 5.75. The highest BCUT2D eigenvalue weighted by atomic mass is 16.6. The molecule has 2 aromatic heterocycles. The number of nitrogens with one attached hydrogen (secondary N) is 1. The van der Waals surface area contributed by atoms with Crippen LogP contribution in [-0.2, 0) is 20.0 Å². The normalized spacial score (nSPS) is 11.2. The molecule has 0 saturated carbocycles. The highest BCUT2D eigenvalue weighted by Crippen LogP contribution is 2.28. The van der Waals surface area contributed by atoms with Crippen molar-refractivity contribution in [3.63, 3.8) is 0 Å². The number of fused-ring (bicyclic) bond motifs is 1. The van der Waals surface area contributed by atoms with Crippen molar-refractivity contribution in [3.8, 4) is 0 Å². The van der Waals surface area contributed by atoms with Crippen molar-refractivity contribution in [1.29, 1.82) is 0 Å². The fraction of sp³-hybridized carbons (Fsp3) is 0.412. The minimum atomic E-state index is -0.359. The van der Waals surface area contributed by atoms with Crippen molar-refractivity contribution in [1.82, 2.24) is 19.3 Å². The van der Waals surface area contributed by atoms with E-state index in [4.69, 9.17) is 0 Å². The zero-order chi connectivity index (χ0) is 18.0. The fourth-order valence-corrected chi connectivity index (χ4v) is 3.12. The third-order valence-electron chi connectivity index (χ3n) is 4.31. The zero-order valence-corrected chi connectivity index (χ0v) is 14.7. The molecule has 0 atom stereocenters. The summed E-state index contributed by atoms with van der Waals surface area (Å²) >= 11 is 0. The molecule has 0 fully saturated rings. The number of rotatable bonds is 7. The van der Waals surface area contributed by atoms with Crippen LogP contribution in [0.15, 0.2) is 24.3 Å². The van der Waals surface area contributed by atoms with Gasteiger partial charge in [-0.2, -0.15) is 5.10 Å². The number of nitro groups is 1. The van der Waals surface area contributed by atoms with E-state index in [-0.39, 0.29) is 10.6 Å². The third kappa shape index (κ3) is 3.19. The van der Waals surface area contributed by atoms with Crippen molar-refractivity contribution in [2.75, 3.05) is 11.9 Å². The predicted molar refractivity (Wildman–Crippen MR) is 96.8 cm³/mol. The van der Waals surface area contributed by atoms with E-state index in [1.807, 2.05) is 32.0 Å². The lowest BCUT2D eigenvalue weighted by atomic mass is 10.3. The lowest BCUT2D eigenvalue weighted by Gasteiger charge is -2.09. The first-order valence-corrected chi connectivity index (χ1v) is 8.39. The molecule has 8 heteroatoms. The molecular weight excluding hydrogens is 320 g/mol. The van der Waals surface area contributed by atoms with Gasteiger partial charge in [0.15, 0.2) is 0 Å². The van der Waals surface area contributed by atoms with Crippen LogP contribution < -0.4 is 5.32 Å². The van der Waals surface area contributed by atoms with Crippen molar-refractivity contribution in [3.05, 3.63) is 45.9 Å².